The number of hydrogen-bond donors (Lipinski definition) is 3. The molecule has 1 unspecified atom stereocenters. The van der Waals surface area contributed by atoms with E-state index in [0.29, 0.717) is 23.3 Å². The Balaban J connectivity index is 1.61. The van der Waals surface area contributed by atoms with Gasteiger partial charge >= 0.3 is 6.18 Å². The molecule has 3 heterocycles. The maximum absolute atomic E-state index is 12.9. The highest BCUT2D eigenvalue weighted by Gasteiger charge is 2.28. The Hall–Kier alpha value is -3.52. The van der Waals surface area contributed by atoms with Gasteiger partial charge in [-0.15, -0.1) is 0 Å². The Morgan fingerprint density at radius 3 is 2.44 bits per heavy atom. The van der Waals surface area contributed by atoms with Crippen LogP contribution in [0.25, 0.3) is 11.0 Å². The van der Waals surface area contributed by atoms with Gasteiger partial charge in [0, 0.05) is 26.4 Å². The molecule has 1 aromatic carbocycles. The van der Waals surface area contributed by atoms with Crippen LogP contribution in [0.15, 0.2) is 46.4 Å². The van der Waals surface area contributed by atoms with Gasteiger partial charge in [0.2, 0.25) is 16.0 Å². The molecule has 0 amide bonds. The minimum Gasteiger partial charge on any atom is -0.359 e. The van der Waals surface area contributed by atoms with Gasteiger partial charge in [-0.2, -0.15) is 23.3 Å². The zero-order valence-corrected chi connectivity index (χ0v) is 18.7. The molecule has 0 fully saturated rings. The summed E-state index contributed by atoms with van der Waals surface area (Å²) in [5.74, 6) is -0.0630. The third-order valence-corrected chi connectivity index (χ3v) is 5.94. The SMILES string of the molecule is CN1CC(c2ccc3nc(NCc4ccc(S(N)(=O)=O)cc4)nc(NCC(F)(F)F)c3n2)C=N1. The monoisotopic (exact) mass is 494 g/mol. The summed E-state index contributed by atoms with van der Waals surface area (Å²) in [6.45, 7) is -0.479. The summed E-state index contributed by atoms with van der Waals surface area (Å²) < 4.78 is 61.4. The fraction of sp³-hybridized carbons (Fsp3) is 0.300. The van der Waals surface area contributed by atoms with Gasteiger partial charge in [-0.25, -0.2) is 23.5 Å². The Bertz CT molecular complexity index is 1330. The molecule has 0 aliphatic carbocycles. The molecule has 0 radical (unpaired) electrons. The molecule has 180 valence electrons. The van der Waals surface area contributed by atoms with Gasteiger partial charge in [0.15, 0.2) is 5.82 Å². The van der Waals surface area contributed by atoms with Gasteiger partial charge in [-0.3, -0.25) is 5.01 Å². The third kappa shape index (κ3) is 5.69. The minimum atomic E-state index is -4.45. The van der Waals surface area contributed by atoms with Crippen LogP contribution >= 0.6 is 0 Å². The van der Waals surface area contributed by atoms with Gasteiger partial charge in [0.05, 0.1) is 22.0 Å². The molecule has 1 atom stereocenters. The van der Waals surface area contributed by atoms with Crippen LogP contribution in [0.3, 0.4) is 0 Å². The number of likely N-dealkylation sites (N-methyl/N-ethyl adjacent to an activating group) is 1. The molecule has 4 N–H and O–H groups in total. The number of aromatic nitrogens is 3. The maximum atomic E-state index is 12.9. The molecule has 0 saturated carbocycles. The van der Waals surface area contributed by atoms with Crippen molar-refractivity contribution in [3.63, 3.8) is 0 Å². The molecule has 14 heteroatoms. The minimum absolute atomic E-state index is 0.0303. The Kier molecular flexibility index (Phi) is 6.27. The fourth-order valence-corrected chi connectivity index (χ4v) is 3.86. The fourth-order valence-electron chi connectivity index (χ4n) is 3.34. The molecule has 0 spiro atoms. The number of hydrogen-bond acceptors (Lipinski definition) is 9. The first-order chi connectivity index (χ1) is 16.0. The van der Waals surface area contributed by atoms with Crippen LogP contribution in [0.1, 0.15) is 17.2 Å². The summed E-state index contributed by atoms with van der Waals surface area (Å²) in [5, 5.41) is 16.3. The van der Waals surface area contributed by atoms with Crippen LogP contribution in [-0.4, -0.2) is 60.9 Å². The third-order valence-electron chi connectivity index (χ3n) is 5.01. The van der Waals surface area contributed by atoms with E-state index in [9.17, 15) is 21.6 Å². The van der Waals surface area contributed by atoms with Crippen molar-refractivity contribution in [3.05, 3.63) is 47.7 Å². The highest BCUT2D eigenvalue weighted by molar-refractivity contribution is 7.89. The predicted molar refractivity (Wildman–Crippen MR) is 121 cm³/mol. The van der Waals surface area contributed by atoms with Crippen molar-refractivity contribution in [2.75, 3.05) is 30.8 Å². The first kappa shape index (κ1) is 23.6. The van der Waals surface area contributed by atoms with Gasteiger partial charge in [0.25, 0.3) is 0 Å². The van der Waals surface area contributed by atoms with Crippen molar-refractivity contribution in [3.8, 4) is 0 Å². The number of benzene rings is 1. The van der Waals surface area contributed by atoms with Crippen molar-refractivity contribution < 1.29 is 21.6 Å². The van der Waals surface area contributed by atoms with E-state index in [1.807, 2.05) is 7.05 Å². The number of alkyl halides is 3. The van der Waals surface area contributed by atoms with Crippen LogP contribution in [0.2, 0.25) is 0 Å². The van der Waals surface area contributed by atoms with Crippen molar-refractivity contribution in [2.24, 2.45) is 10.2 Å². The standard InChI is InChI=1S/C20H21F3N8O2S/c1-31-10-13(9-27-31)15-6-7-16-17(28-15)18(26-11-20(21,22)23)30-19(29-16)25-8-12-2-4-14(5-3-12)34(24,32)33/h2-7,9,13H,8,10-11H2,1H3,(H2,24,32,33)(H2,25,26,29,30). The normalized spacial score (nSPS) is 16.3. The molecule has 1 aliphatic heterocycles. The average molecular weight is 495 g/mol. The quantitative estimate of drug-likeness (QED) is 0.455. The van der Waals surface area contributed by atoms with E-state index in [2.05, 4.69) is 30.7 Å². The van der Waals surface area contributed by atoms with E-state index in [1.54, 1.807) is 35.5 Å². The van der Waals surface area contributed by atoms with Crippen LogP contribution in [-0.2, 0) is 16.6 Å². The lowest BCUT2D eigenvalue weighted by Crippen LogP contribution is -2.22. The number of hydrazone groups is 1. The smallest absolute Gasteiger partial charge is 0.359 e. The van der Waals surface area contributed by atoms with Gasteiger partial charge in [-0.1, -0.05) is 12.1 Å². The van der Waals surface area contributed by atoms with E-state index < -0.39 is 22.7 Å². The maximum Gasteiger partial charge on any atom is 0.405 e. The lowest BCUT2D eigenvalue weighted by Gasteiger charge is -2.15. The number of nitrogens with two attached hydrogens (primary N) is 1. The number of nitrogens with zero attached hydrogens (tertiary/aromatic N) is 5. The molecular formula is C20H21F3N8O2S. The summed E-state index contributed by atoms with van der Waals surface area (Å²) >= 11 is 0. The zero-order valence-electron chi connectivity index (χ0n) is 17.9. The number of anilines is 2. The highest BCUT2D eigenvalue weighted by atomic mass is 32.2. The summed E-state index contributed by atoms with van der Waals surface area (Å²) in [7, 11) is -1.99. The molecular weight excluding hydrogens is 473 g/mol. The van der Waals surface area contributed by atoms with E-state index >= 15 is 0 Å². The number of pyridine rings is 1. The van der Waals surface area contributed by atoms with Crippen molar-refractivity contribution in [1.82, 2.24) is 20.0 Å². The molecule has 4 rings (SSSR count). The Morgan fingerprint density at radius 2 is 1.82 bits per heavy atom. The second-order valence-electron chi connectivity index (χ2n) is 7.72. The Morgan fingerprint density at radius 1 is 1.09 bits per heavy atom. The number of nitrogens with one attached hydrogen (secondary N) is 2. The largest absolute Gasteiger partial charge is 0.405 e. The molecule has 1 aliphatic rings. The molecule has 10 nitrogen and oxygen atoms in total. The zero-order chi connectivity index (χ0) is 24.5. The molecule has 34 heavy (non-hydrogen) atoms. The van der Waals surface area contributed by atoms with E-state index in [1.165, 1.54) is 12.1 Å². The number of sulfonamides is 1. The first-order valence-electron chi connectivity index (χ1n) is 10.1. The highest BCUT2D eigenvalue weighted by Crippen LogP contribution is 2.26. The molecule has 0 saturated heterocycles. The molecule has 2 aromatic heterocycles. The predicted octanol–water partition coefficient (Wildman–Crippen LogP) is 2.27. The van der Waals surface area contributed by atoms with Crippen LogP contribution < -0.4 is 15.8 Å². The van der Waals surface area contributed by atoms with Crippen LogP contribution in [0.4, 0.5) is 24.9 Å². The van der Waals surface area contributed by atoms with E-state index in [4.69, 9.17) is 5.14 Å². The number of halogens is 3. The number of fused-ring (bicyclic) bond motifs is 1. The van der Waals surface area contributed by atoms with Crippen LogP contribution in [0, 0.1) is 0 Å². The van der Waals surface area contributed by atoms with Crippen molar-refractivity contribution >= 4 is 39.0 Å². The average Bonchev–Trinajstić information content (AvgIpc) is 3.21. The summed E-state index contributed by atoms with van der Waals surface area (Å²) in [6, 6.07) is 9.28. The summed E-state index contributed by atoms with van der Waals surface area (Å²) in [6.07, 6.45) is -2.72. The second-order valence-corrected chi connectivity index (χ2v) is 9.28. The van der Waals surface area contributed by atoms with Gasteiger partial charge < -0.3 is 10.6 Å². The summed E-state index contributed by atoms with van der Waals surface area (Å²) in [4.78, 5) is 13.1. The number of primary sulfonamides is 1. The van der Waals surface area contributed by atoms with Gasteiger partial charge in [0.1, 0.15) is 12.1 Å². The lowest BCUT2D eigenvalue weighted by molar-refractivity contribution is -0.115. The first-order valence-corrected chi connectivity index (χ1v) is 11.6. The Labute approximate surface area is 193 Å². The lowest BCUT2D eigenvalue weighted by atomic mass is 10.1. The van der Waals surface area contributed by atoms with Crippen molar-refractivity contribution in [1.29, 1.82) is 0 Å². The molecule has 3 aromatic rings. The second kappa shape index (κ2) is 9.02. The van der Waals surface area contributed by atoms with E-state index in [0.717, 1.165) is 0 Å². The van der Waals surface area contributed by atoms with Crippen LogP contribution in [0.5, 0.6) is 0 Å². The topological polar surface area (TPSA) is 138 Å². The van der Waals surface area contributed by atoms with Gasteiger partial charge in [-0.05, 0) is 29.8 Å². The van der Waals surface area contributed by atoms with Crippen molar-refractivity contribution in [2.45, 2.75) is 23.5 Å². The number of rotatable bonds is 7. The molecule has 0 bridgehead atoms. The van der Waals surface area contributed by atoms with E-state index in [-0.39, 0.29) is 34.6 Å². The summed E-state index contributed by atoms with van der Waals surface area (Å²) in [5.41, 5.74) is 1.92.